The smallest absolute Gasteiger partial charge is 0.410 e. The van der Waals surface area contributed by atoms with Crippen LogP contribution in [0.3, 0.4) is 0 Å². The third-order valence-electron chi connectivity index (χ3n) is 2.53. The molecule has 1 amide bonds. The van der Waals surface area contributed by atoms with Crippen LogP contribution in [0.1, 0.15) is 33.6 Å². The number of hydrogen-bond donors (Lipinski definition) is 2. The summed E-state index contributed by atoms with van der Waals surface area (Å²) >= 11 is 0. The van der Waals surface area contributed by atoms with Crippen LogP contribution >= 0.6 is 0 Å². The van der Waals surface area contributed by atoms with Crippen molar-refractivity contribution in [3.8, 4) is 0 Å². The third-order valence-corrected chi connectivity index (χ3v) is 2.53. The molecular weight excluding hydrogens is 194 g/mol. The van der Waals surface area contributed by atoms with Crippen LogP contribution in [0.25, 0.3) is 0 Å². The van der Waals surface area contributed by atoms with Crippen molar-refractivity contribution in [2.24, 2.45) is 5.73 Å². The predicted octanol–water partition coefficient (Wildman–Crippen LogP) is 1.32. The molecule has 3 N–H and O–H groups in total. The summed E-state index contributed by atoms with van der Waals surface area (Å²) in [7, 11) is 1.63. The molecule has 5 heteroatoms. The molecule has 1 saturated carbocycles. The van der Waals surface area contributed by atoms with Crippen molar-refractivity contribution in [3.05, 3.63) is 0 Å². The zero-order valence-corrected chi connectivity index (χ0v) is 9.76. The molecule has 1 aliphatic rings. The summed E-state index contributed by atoms with van der Waals surface area (Å²) in [6.07, 6.45) is 1.08. The average molecular weight is 213 g/mol. The number of amides is 1. The molecule has 0 heterocycles. The minimum atomic E-state index is -0.581. The second-order valence-corrected chi connectivity index (χ2v) is 4.98. The monoisotopic (exact) mass is 213 g/mol. The van der Waals surface area contributed by atoms with E-state index in [9.17, 15) is 4.79 Å². The van der Waals surface area contributed by atoms with E-state index in [0.29, 0.717) is 0 Å². The van der Waals surface area contributed by atoms with Crippen LogP contribution < -0.4 is 5.73 Å². The van der Waals surface area contributed by atoms with Gasteiger partial charge in [0.15, 0.2) is 0 Å². The van der Waals surface area contributed by atoms with Crippen molar-refractivity contribution in [2.75, 3.05) is 7.05 Å². The SMILES string of the molecule is CN(C(=O)OC(C)(C)C)C1(C(=N)N)CC1. The first-order chi connectivity index (χ1) is 6.69. The van der Waals surface area contributed by atoms with Gasteiger partial charge in [0.2, 0.25) is 0 Å². The van der Waals surface area contributed by atoms with Gasteiger partial charge in [0.25, 0.3) is 0 Å². The summed E-state index contributed by atoms with van der Waals surface area (Å²) in [5.41, 5.74) is 4.37. The molecule has 0 aromatic carbocycles. The summed E-state index contributed by atoms with van der Waals surface area (Å²) in [5, 5.41) is 7.44. The van der Waals surface area contributed by atoms with Crippen LogP contribution in [0.4, 0.5) is 4.79 Å². The van der Waals surface area contributed by atoms with E-state index >= 15 is 0 Å². The molecular formula is C10H19N3O2. The normalized spacial score (nSPS) is 18.1. The summed E-state index contributed by atoms with van der Waals surface area (Å²) in [6, 6.07) is 0. The Morgan fingerprint density at radius 2 is 1.93 bits per heavy atom. The van der Waals surface area contributed by atoms with Crippen LogP contribution in [0, 0.1) is 5.41 Å². The number of hydrogen-bond acceptors (Lipinski definition) is 3. The van der Waals surface area contributed by atoms with Gasteiger partial charge in [-0.25, -0.2) is 4.79 Å². The summed E-state index contributed by atoms with van der Waals surface area (Å²) in [4.78, 5) is 13.1. The van der Waals surface area contributed by atoms with Gasteiger partial charge < -0.3 is 10.5 Å². The van der Waals surface area contributed by atoms with Crippen molar-refractivity contribution in [1.29, 1.82) is 5.41 Å². The zero-order chi connectivity index (χ0) is 11.9. The van der Waals surface area contributed by atoms with Gasteiger partial charge in [-0.1, -0.05) is 0 Å². The molecule has 1 fully saturated rings. The number of likely N-dealkylation sites (N-methyl/N-ethyl adjacent to an activating group) is 1. The quantitative estimate of drug-likeness (QED) is 0.536. The Morgan fingerprint density at radius 1 is 1.47 bits per heavy atom. The minimum Gasteiger partial charge on any atom is -0.444 e. The van der Waals surface area contributed by atoms with Crippen molar-refractivity contribution in [3.63, 3.8) is 0 Å². The highest BCUT2D eigenvalue weighted by Gasteiger charge is 2.52. The molecule has 86 valence electrons. The number of amidine groups is 1. The summed E-state index contributed by atoms with van der Waals surface area (Å²) in [6.45, 7) is 5.43. The number of ether oxygens (including phenoxy) is 1. The minimum absolute atomic E-state index is 0.0378. The van der Waals surface area contributed by atoms with E-state index in [1.807, 2.05) is 20.8 Å². The lowest BCUT2D eigenvalue weighted by atomic mass is 10.2. The van der Waals surface area contributed by atoms with E-state index in [1.54, 1.807) is 7.05 Å². The molecule has 0 radical (unpaired) electrons. The molecule has 5 nitrogen and oxygen atoms in total. The molecule has 1 aliphatic carbocycles. The van der Waals surface area contributed by atoms with E-state index in [2.05, 4.69) is 0 Å². The Labute approximate surface area is 90.1 Å². The molecule has 0 aliphatic heterocycles. The number of nitrogens with zero attached hydrogens (tertiary/aromatic N) is 1. The number of carbonyl (C=O) groups excluding carboxylic acids is 1. The van der Waals surface area contributed by atoms with Gasteiger partial charge in [-0.3, -0.25) is 10.3 Å². The average Bonchev–Trinajstić information content (AvgIpc) is 2.79. The maximum atomic E-state index is 11.7. The predicted molar refractivity (Wildman–Crippen MR) is 57.9 cm³/mol. The lowest BCUT2D eigenvalue weighted by Crippen LogP contribution is -2.49. The number of nitrogens with two attached hydrogens (primary N) is 1. The van der Waals surface area contributed by atoms with Crippen molar-refractivity contribution >= 4 is 11.9 Å². The fourth-order valence-electron chi connectivity index (χ4n) is 1.41. The fourth-order valence-corrected chi connectivity index (χ4v) is 1.41. The third kappa shape index (κ3) is 2.40. The van der Waals surface area contributed by atoms with Crippen LogP contribution in [0.2, 0.25) is 0 Å². The summed E-state index contributed by atoms with van der Waals surface area (Å²) in [5.74, 6) is 0.0378. The molecule has 0 unspecified atom stereocenters. The first kappa shape index (κ1) is 11.8. The lowest BCUT2D eigenvalue weighted by molar-refractivity contribution is 0.0248. The fraction of sp³-hybridized carbons (Fsp3) is 0.800. The van der Waals surface area contributed by atoms with Crippen molar-refractivity contribution < 1.29 is 9.53 Å². The first-order valence-electron chi connectivity index (χ1n) is 5.00. The number of rotatable bonds is 2. The number of carbonyl (C=O) groups is 1. The van der Waals surface area contributed by atoms with Crippen LogP contribution in [0.5, 0.6) is 0 Å². The topological polar surface area (TPSA) is 79.4 Å². The van der Waals surface area contributed by atoms with Gasteiger partial charge in [-0.15, -0.1) is 0 Å². The van der Waals surface area contributed by atoms with E-state index in [-0.39, 0.29) is 5.84 Å². The standard InChI is InChI=1S/C10H19N3O2/c1-9(2,3)15-8(14)13(4)10(5-6-10)7(11)12/h5-6H2,1-4H3,(H3,11,12). The van der Waals surface area contributed by atoms with Crippen molar-refractivity contribution in [1.82, 2.24) is 4.90 Å². The highest BCUT2D eigenvalue weighted by atomic mass is 16.6. The maximum absolute atomic E-state index is 11.7. The Hall–Kier alpha value is -1.26. The Balaban J connectivity index is 2.66. The van der Waals surface area contributed by atoms with Gasteiger partial charge in [0.1, 0.15) is 17.0 Å². The van der Waals surface area contributed by atoms with Gasteiger partial charge in [-0.05, 0) is 33.6 Å². The Bertz CT molecular complexity index is 290. The second kappa shape index (κ2) is 3.40. The highest BCUT2D eigenvalue weighted by Crippen LogP contribution is 2.41. The van der Waals surface area contributed by atoms with E-state index < -0.39 is 17.2 Å². The van der Waals surface area contributed by atoms with Gasteiger partial charge >= 0.3 is 6.09 Å². The van der Waals surface area contributed by atoms with Crippen LogP contribution in [-0.4, -0.2) is 35.0 Å². The van der Waals surface area contributed by atoms with Gasteiger partial charge in [-0.2, -0.15) is 0 Å². The molecule has 0 saturated heterocycles. The second-order valence-electron chi connectivity index (χ2n) is 4.98. The first-order valence-corrected chi connectivity index (χ1v) is 5.00. The number of nitrogens with one attached hydrogen (secondary N) is 1. The molecule has 1 rings (SSSR count). The molecule has 0 bridgehead atoms. The van der Waals surface area contributed by atoms with Crippen molar-refractivity contribution in [2.45, 2.75) is 44.8 Å². The molecule has 0 atom stereocenters. The van der Waals surface area contributed by atoms with Gasteiger partial charge in [0.05, 0.1) is 0 Å². The Kier molecular flexibility index (Phi) is 2.67. The maximum Gasteiger partial charge on any atom is 0.410 e. The Morgan fingerprint density at radius 3 is 2.20 bits per heavy atom. The molecule has 15 heavy (non-hydrogen) atoms. The van der Waals surface area contributed by atoms with Gasteiger partial charge in [0, 0.05) is 7.05 Å². The molecule has 0 aromatic heterocycles. The van der Waals surface area contributed by atoms with Crippen LogP contribution in [0.15, 0.2) is 0 Å². The van der Waals surface area contributed by atoms with E-state index in [4.69, 9.17) is 15.9 Å². The van der Waals surface area contributed by atoms with E-state index in [1.165, 1.54) is 4.90 Å². The largest absolute Gasteiger partial charge is 0.444 e. The lowest BCUT2D eigenvalue weighted by Gasteiger charge is -2.30. The van der Waals surface area contributed by atoms with Crippen LogP contribution in [-0.2, 0) is 4.74 Å². The molecule has 0 aromatic rings. The molecule has 0 spiro atoms. The zero-order valence-electron chi connectivity index (χ0n) is 9.76. The van der Waals surface area contributed by atoms with E-state index in [0.717, 1.165) is 12.8 Å². The highest BCUT2D eigenvalue weighted by molar-refractivity contribution is 5.93. The summed E-state index contributed by atoms with van der Waals surface area (Å²) < 4.78 is 5.21.